The lowest BCUT2D eigenvalue weighted by molar-refractivity contribution is 0.102. The van der Waals surface area contributed by atoms with Crippen molar-refractivity contribution < 1.29 is 13.9 Å². The second kappa shape index (κ2) is 6.01. The Morgan fingerprint density at radius 1 is 1.45 bits per heavy atom. The van der Waals surface area contributed by atoms with Crippen LogP contribution in [-0.2, 0) is 0 Å². The van der Waals surface area contributed by atoms with Crippen molar-refractivity contribution in [3.8, 4) is 5.75 Å². The SMILES string of the molecule is CCOc1ccc(NC(=O)c2cnccc2N)cc1F. The molecule has 3 N–H and O–H groups in total. The third kappa shape index (κ3) is 3.03. The monoisotopic (exact) mass is 275 g/mol. The summed E-state index contributed by atoms with van der Waals surface area (Å²) in [7, 11) is 0. The van der Waals surface area contributed by atoms with Crippen LogP contribution in [0.25, 0.3) is 0 Å². The molecule has 1 amide bonds. The van der Waals surface area contributed by atoms with Gasteiger partial charge in [-0.2, -0.15) is 0 Å². The molecular formula is C14H14FN3O2. The average Bonchev–Trinajstić information content (AvgIpc) is 2.42. The van der Waals surface area contributed by atoms with Gasteiger partial charge in [-0.05, 0) is 25.1 Å². The number of hydrogen-bond acceptors (Lipinski definition) is 4. The van der Waals surface area contributed by atoms with E-state index in [-0.39, 0.29) is 11.3 Å². The van der Waals surface area contributed by atoms with E-state index in [1.807, 2.05) is 0 Å². The van der Waals surface area contributed by atoms with Gasteiger partial charge in [0.25, 0.3) is 5.91 Å². The molecular weight excluding hydrogens is 261 g/mol. The van der Waals surface area contributed by atoms with Crippen LogP contribution >= 0.6 is 0 Å². The Balaban J connectivity index is 2.16. The van der Waals surface area contributed by atoms with Crippen molar-refractivity contribution in [2.24, 2.45) is 0 Å². The number of rotatable bonds is 4. The molecule has 1 aromatic heterocycles. The van der Waals surface area contributed by atoms with Crippen LogP contribution in [0.1, 0.15) is 17.3 Å². The summed E-state index contributed by atoms with van der Waals surface area (Å²) in [5.41, 5.74) is 6.54. The summed E-state index contributed by atoms with van der Waals surface area (Å²) in [6, 6.07) is 5.72. The van der Waals surface area contributed by atoms with E-state index >= 15 is 0 Å². The van der Waals surface area contributed by atoms with Crippen LogP contribution in [0.2, 0.25) is 0 Å². The Hall–Kier alpha value is -2.63. The van der Waals surface area contributed by atoms with Gasteiger partial charge in [0.15, 0.2) is 11.6 Å². The zero-order valence-electron chi connectivity index (χ0n) is 10.9. The van der Waals surface area contributed by atoms with Gasteiger partial charge in [0.2, 0.25) is 0 Å². The van der Waals surface area contributed by atoms with Crippen molar-refractivity contribution >= 4 is 17.3 Å². The molecule has 2 aromatic rings. The van der Waals surface area contributed by atoms with Crippen LogP contribution in [0.15, 0.2) is 36.7 Å². The maximum absolute atomic E-state index is 13.7. The molecule has 1 aromatic carbocycles. The van der Waals surface area contributed by atoms with Crippen molar-refractivity contribution in [2.75, 3.05) is 17.7 Å². The van der Waals surface area contributed by atoms with E-state index in [0.717, 1.165) is 0 Å². The van der Waals surface area contributed by atoms with E-state index in [9.17, 15) is 9.18 Å². The van der Waals surface area contributed by atoms with Crippen LogP contribution in [-0.4, -0.2) is 17.5 Å². The fraction of sp³-hybridized carbons (Fsp3) is 0.143. The van der Waals surface area contributed by atoms with Crippen molar-refractivity contribution in [2.45, 2.75) is 6.92 Å². The normalized spacial score (nSPS) is 10.1. The second-order valence-corrected chi connectivity index (χ2v) is 4.00. The van der Waals surface area contributed by atoms with E-state index in [2.05, 4.69) is 10.3 Å². The molecule has 0 radical (unpaired) electrons. The number of nitrogens with two attached hydrogens (primary N) is 1. The van der Waals surface area contributed by atoms with E-state index < -0.39 is 11.7 Å². The first-order valence-corrected chi connectivity index (χ1v) is 6.05. The standard InChI is InChI=1S/C14H14FN3O2/c1-2-20-13-4-3-9(7-11(13)15)18-14(19)10-8-17-6-5-12(10)16/h3-8H,2H2,1H3,(H2,16,17)(H,18,19). The first-order valence-electron chi connectivity index (χ1n) is 6.05. The molecule has 5 nitrogen and oxygen atoms in total. The molecule has 0 aliphatic rings. The van der Waals surface area contributed by atoms with E-state index in [4.69, 9.17) is 10.5 Å². The molecule has 0 fully saturated rings. The molecule has 20 heavy (non-hydrogen) atoms. The lowest BCUT2D eigenvalue weighted by Gasteiger charge is -2.09. The lowest BCUT2D eigenvalue weighted by atomic mass is 10.2. The number of nitrogens with zero attached hydrogens (tertiary/aromatic N) is 1. The number of anilines is 2. The maximum atomic E-state index is 13.7. The highest BCUT2D eigenvalue weighted by molar-refractivity contribution is 6.07. The predicted octanol–water partition coefficient (Wildman–Crippen LogP) is 2.45. The van der Waals surface area contributed by atoms with Gasteiger partial charge >= 0.3 is 0 Å². The largest absolute Gasteiger partial charge is 0.491 e. The smallest absolute Gasteiger partial charge is 0.259 e. The number of amides is 1. The molecule has 0 saturated carbocycles. The maximum Gasteiger partial charge on any atom is 0.259 e. The summed E-state index contributed by atoms with van der Waals surface area (Å²) in [5, 5.41) is 2.55. The van der Waals surface area contributed by atoms with Crippen LogP contribution in [0, 0.1) is 5.82 Å². The molecule has 1 heterocycles. The molecule has 0 unspecified atom stereocenters. The minimum Gasteiger partial charge on any atom is -0.491 e. The lowest BCUT2D eigenvalue weighted by Crippen LogP contribution is -2.14. The highest BCUT2D eigenvalue weighted by atomic mass is 19.1. The number of benzene rings is 1. The number of carbonyl (C=O) groups is 1. The number of ether oxygens (including phenoxy) is 1. The summed E-state index contributed by atoms with van der Waals surface area (Å²) in [6.07, 6.45) is 2.85. The van der Waals surface area contributed by atoms with Gasteiger partial charge in [0.05, 0.1) is 12.2 Å². The summed E-state index contributed by atoms with van der Waals surface area (Å²) in [6.45, 7) is 2.13. The first kappa shape index (κ1) is 13.8. The molecule has 0 atom stereocenters. The van der Waals surface area contributed by atoms with Crippen LogP contribution in [0.5, 0.6) is 5.75 Å². The molecule has 0 saturated heterocycles. The Morgan fingerprint density at radius 2 is 2.25 bits per heavy atom. The van der Waals surface area contributed by atoms with Gasteiger partial charge in [0.1, 0.15) is 0 Å². The highest BCUT2D eigenvalue weighted by Crippen LogP contribution is 2.22. The van der Waals surface area contributed by atoms with Gasteiger partial charge in [0, 0.05) is 29.8 Å². The summed E-state index contributed by atoms with van der Waals surface area (Å²) >= 11 is 0. The minimum atomic E-state index is -0.538. The van der Waals surface area contributed by atoms with Gasteiger partial charge in [-0.3, -0.25) is 9.78 Å². The zero-order valence-corrected chi connectivity index (χ0v) is 10.9. The van der Waals surface area contributed by atoms with Gasteiger partial charge < -0.3 is 15.8 Å². The Bertz CT molecular complexity index is 632. The first-order chi connectivity index (χ1) is 9.61. The third-order valence-corrected chi connectivity index (χ3v) is 2.59. The summed E-state index contributed by atoms with van der Waals surface area (Å²) in [5.74, 6) is -0.839. The Labute approximate surface area is 115 Å². The molecule has 0 spiro atoms. The number of hydrogen-bond donors (Lipinski definition) is 2. The highest BCUT2D eigenvalue weighted by Gasteiger charge is 2.11. The number of halogens is 1. The predicted molar refractivity (Wildman–Crippen MR) is 74.2 cm³/mol. The number of carbonyl (C=O) groups excluding carboxylic acids is 1. The van der Waals surface area contributed by atoms with Gasteiger partial charge in [-0.1, -0.05) is 0 Å². The van der Waals surface area contributed by atoms with E-state index in [1.165, 1.54) is 30.6 Å². The number of nitrogens with one attached hydrogen (secondary N) is 1. The van der Waals surface area contributed by atoms with Crippen LogP contribution < -0.4 is 15.8 Å². The van der Waals surface area contributed by atoms with Gasteiger partial charge in [-0.15, -0.1) is 0 Å². The number of aromatic nitrogens is 1. The number of pyridine rings is 1. The van der Waals surface area contributed by atoms with Crippen molar-refractivity contribution in [3.63, 3.8) is 0 Å². The molecule has 0 bridgehead atoms. The quantitative estimate of drug-likeness (QED) is 0.898. The topological polar surface area (TPSA) is 77.2 Å². The molecule has 0 aliphatic carbocycles. The molecule has 104 valence electrons. The third-order valence-electron chi connectivity index (χ3n) is 2.59. The minimum absolute atomic E-state index is 0.145. The molecule has 6 heteroatoms. The van der Waals surface area contributed by atoms with Crippen molar-refractivity contribution in [3.05, 3.63) is 48.0 Å². The Morgan fingerprint density at radius 3 is 2.90 bits per heavy atom. The average molecular weight is 275 g/mol. The fourth-order valence-corrected chi connectivity index (χ4v) is 1.64. The second-order valence-electron chi connectivity index (χ2n) is 4.00. The van der Waals surface area contributed by atoms with Crippen molar-refractivity contribution in [1.29, 1.82) is 0 Å². The number of nitrogen functional groups attached to an aromatic ring is 1. The zero-order chi connectivity index (χ0) is 14.5. The van der Waals surface area contributed by atoms with Crippen molar-refractivity contribution in [1.82, 2.24) is 4.98 Å². The summed E-state index contributed by atoms with van der Waals surface area (Å²) < 4.78 is 18.7. The summed E-state index contributed by atoms with van der Waals surface area (Å²) in [4.78, 5) is 15.8. The Kier molecular flexibility index (Phi) is 4.14. The molecule has 2 rings (SSSR count). The van der Waals surface area contributed by atoms with Crippen LogP contribution in [0.3, 0.4) is 0 Å². The molecule has 0 aliphatic heterocycles. The van der Waals surface area contributed by atoms with E-state index in [0.29, 0.717) is 18.0 Å². The van der Waals surface area contributed by atoms with Gasteiger partial charge in [-0.25, -0.2) is 4.39 Å². The fourth-order valence-electron chi connectivity index (χ4n) is 1.64. The van der Waals surface area contributed by atoms with Crippen LogP contribution in [0.4, 0.5) is 15.8 Å². The van der Waals surface area contributed by atoms with E-state index in [1.54, 1.807) is 13.0 Å².